The van der Waals surface area contributed by atoms with Gasteiger partial charge in [0.15, 0.2) is 0 Å². The number of fused-ring (bicyclic) bond motifs is 1. The molecule has 0 N–H and O–H groups in total. The summed E-state index contributed by atoms with van der Waals surface area (Å²) in [7, 11) is 0. The number of rotatable bonds is 4. The van der Waals surface area contributed by atoms with Gasteiger partial charge in [-0.05, 0) is 34.8 Å². The minimum atomic E-state index is -0.283. The molecule has 3 rings (SSSR count). The van der Waals surface area contributed by atoms with Gasteiger partial charge in [0.1, 0.15) is 18.0 Å². The smallest absolute Gasteiger partial charge is 0.258 e. The van der Waals surface area contributed by atoms with E-state index in [0.717, 1.165) is 0 Å². The van der Waals surface area contributed by atoms with Crippen molar-refractivity contribution in [3.8, 4) is 5.75 Å². The van der Waals surface area contributed by atoms with Crippen molar-refractivity contribution in [3.63, 3.8) is 0 Å². The first kappa shape index (κ1) is 16.1. The number of carbonyl (C=O) groups excluding carboxylic acids is 1. The third-order valence-electron chi connectivity index (χ3n) is 3.57. The molecule has 25 heavy (non-hydrogen) atoms. The minimum absolute atomic E-state index is 0.0484. The van der Waals surface area contributed by atoms with E-state index in [1.54, 1.807) is 35.5 Å². The Morgan fingerprint density at radius 3 is 3.00 bits per heavy atom. The van der Waals surface area contributed by atoms with Gasteiger partial charge in [-0.15, -0.1) is 0 Å². The van der Waals surface area contributed by atoms with E-state index in [-0.39, 0.29) is 18.1 Å². The highest BCUT2D eigenvalue weighted by atomic mass is 16.5. The van der Waals surface area contributed by atoms with Crippen molar-refractivity contribution in [1.29, 1.82) is 0 Å². The molecule has 1 aliphatic heterocycles. The normalized spacial score (nSPS) is 12.2. The number of pyridine rings is 1. The molecule has 0 fully saturated rings. The highest BCUT2D eigenvalue weighted by Gasteiger charge is 2.25. The molecule has 1 aromatic heterocycles. The summed E-state index contributed by atoms with van der Waals surface area (Å²) in [4.78, 5) is 24.0. The molecule has 0 saturated carbocycles. The number of aromatic nitrogens is 1. The minimum Gasteiger partial charge on any atom is -0.489 e. The van der Waals surface area contributed by atoms with Crippen LogP contribution in [0.5, 0.6) is 5.75 Å². The van der Waals surface area contributed by atoms with Crippen LogP contribution in [0.1, 0.15) is 15.9 Å². The van der Waals surface area contributed by atoms with Gasteiger partial charge in [-0.25, -0.2) is 0 Å². The molecule has 0 aliphatic carbocycles. The predicted octanol–water partition coefficient (Wildman–Crippen LogP) is 3.87. The molecule has 0 radical (unpaired) electrons. The summed E-state index contributed by atoms with van der Waals surface area (Å²) in [6.07, 6.45) is 3.15. The van der Waals surface area contributed by atoms with Crippen LogP contribution in [0.2, 0.25) is 0 Å². The Morgan fingerprint density at radius 1 is 1.32 bits per heavy atom. The largest absolute Gasteiger partial charge is 0.489 e. The first-order chi connectivity index (χ1) is 12.2. The maximum absolute atomic E-state index is 12.9. The standard InChI is InChI=1S/C15H12N8O2/c16-21-19-8-10-5-11(7-12(6-10)20-22-17)15(24)23-3-4-25-14-1-2-18-9-13(14)23/h1-2,5-7,9H,3-4,8H2. The molecule has 2 heterocycles. The van der Waals surface area contributed by atoms with Gasteiger partial charge in [-0.2, -0.15) is 0 Å². The number of nitrogens with zero attached hydrogens (tertiary/aromatic N) is 8. The second kappa shape index (κ2) is 7.22. The molecule has 0 atom stereocenters. The summed E-state index contributed by atoms with van der Waals surface area (Å²) < 4.78 is 5.52. The third kappa shape index (κ3) is 3.45. The van der Waals surface area contributed by atoms with E-state index >= 15 is 0 Å². The van der Waals surface area contributed by atoms with Crippen LogP contribution in [-0.4, -0.2) is 24.0 Å². The predicted molar refractivity (Wildman–Crippen MR) is 89.5 cm³/mol. The first-order valence-corrected chi connectivity index (χ1v) is 7.31. The fraction of sp³-hybridized carbons (Fsp3) is 0.200. The Kier molecular flexibility index (Phi) is 4.66. The van der Waals surface area contributed by atoms with E-state index in [0.29, 0.717) is 35.7 Å². The lowest BCUT2D eigenvalue weighted by Gasteiger charge is -2.29. The van der Waals surface area contributed by atoms with Crippen LogP contribution in [0, 0.1) is 0 Å². The lowest BCUT2D eigenvalue weighted by molar-refractivity contribution is 0.0976. The van der Waals surface area contributed by atoms with Crippen LogP contribution in [-0.2, 0) is 6.54 Å². The van der Waals surface area contributed by atoms with Gasteiger partial charge in [0.25, 0.3) is 5.91 Å². The number of anilines is 1. The Labute approximate surface area is 141 Å². The highest BCUT2D eigenvalue weighted by molar-refractivity contribution is 6.07. The number of amides is 1. The summed E-state index contributed by atoms with van der Waals surface area (Å²) in [5, 5.41) is 7.03. The zero-order valence-corrected chi connectivity index (χ0v) is 13.0. The number of hydrogen-bond donors (Lipinski definition) is 0. The van der Waals surface area contributed by atoms with Crippen molar-refractivity contribution >= 4 is 17.3 Å². The van der Waals surface area contributed by atoms with Gasteiger partial charge in [-0.3, -0.25) is 9.78 Å². The van der Waals surface area contributed by atoms with Crippen molar-refractivity contribution in [2.24, 2.45) is 10.2 Å². The van der Waals surface area contributed by atoms with E-state index < -0.39 is 0 Å². The maximum Gasteiger partial charge on any atom is 0.258 e. The second-order valence-electron chi connectivity index (χ2n) is 5.12. The van der Waals surface area contributed by atoms with Crippen LogP contribution in [0.3, 0.4) is 0 Å². The zero-order chi connectivity index (χ0) is 17.6. The van der Waals surface area contributed by atoms with Gasteiger partial charge < -0.3 is 9.64 Å². The summed E-state index contributed by atoms with van der Waals surface area (Å²) in [6, 6.07) is 6.37. The van der Waals surface area contributed by atoms with Crippen LogP contribution in [0.4, 0.5) is 11.4 Å². The molecule has 10 nitrogen and oxygen atoms in total. The van der Waals surface area contributed by atoms with Crippen molar-refractivity contribution in [3.05, 3.63) is 68.7 Å². The average molecular weight is 336 g/mol. The summed E-state index contributed by atoms with van der Waals surface area (Å²) in [5.41, 5.74) is 18.9. The molecule has 1 amide bonds. The fourth-order valence-corrected chi connectivity index (χ4v) is 2.54. The molecule has 0 bridgehead atoms. The summed E-state index contributed by atoms with van der Waals surface area (Å²) in [5.74, 6) is 0.296. The summed E-state index contributed by atoms with van der Waals surface area (Å²) >= 11 is 0. The molecule has 0 saturated heterocycles. The average Bonchev–Trinajstić information content (AvgIpc) is 2.65. The summed E-state index contributed by atoms with van der Waals surface area (Å²) in [6.45, 7) is 0.784. The number of carbonyl (C=O) groups is 1. The Morgan fingerprint density at radius 2 is 2.20 bits per heavy atom. The van der Waals surface area contributed by atoms with E-state index in [4.69, 9.17) is 15.8 Å². The molecule has 124 valence electrons. The molecule has 0 spiro atoms. The van der Waals surface area contributed by atoms with Gasteiger partial charge in [-0.1, -0.05) is 10.2 Å². The van der Waals surface area contributed by atoms with Crippen LogP contribution < -0.4 is 9.64 Å². The molecular weight excluding hydrogens is 324 g/mol. The van der Waals surface area contributed by atoms with Gasteiger partial charge in [0.05, 0.1) is 19.3 Å². The third-order valence-corrected chi connectivity index (χ3v) is 3.57. The number of benzene rings is 1. The molecule has 10 heteroatoms. The van der Waals surface area contributed by atoms with Gasteiger partial charge >= 0.3 is 0 Å². The van der Waals surface area contributed by atoms with Crippen LogP contribution in [0.25, 0.3) is 20.9 Å². The zero-order valence-electron chi connectivity index (χ0n) is 13.0. The molecule has 0 unspecified atom stereocenters. The van der Waals surface area contributed by atoms with E-state index in [1.807, 2.05) is 0 Å². The maximum atomic E-state index is 12.9. The monoisotopic (exact) mass is 336 g/mol. The lowest BCUT2D eigenvalue weighted by atomic mass is 10.1. The SMILES string of the molecule is [N-]=[N+]=NCc1cc(N=[N+]=[N-])cc(C(=O)N2CCOc3ccncc32)c1. The number of azide groups is 2. The van der Waals surface area contributed by atoms with Gasteiger partial charge in [0.2, 0.25) is 0 Å². The Balaban J connectivity index is 2.01. The van der Waals surface area contributed by atoms with E-state index in [9.17, 15) is 4.79 Å². The van der Waals surface area contributed by atoms with Crippen molar-refractivity contribution < 1.29 is 9.53 Å². The topological polar surface area (TPSA) is 140 Å². The Hall–Kier alpha value is -3.74. The highest BCUT2D eigenvalue weighted by Crippen LogP contribution is 2.31. The Bertz CT molecular complexity index is 915. The second-order valence-corrected chi connectivity index (χ2v) is 5.12. The van der Waals surface area contributed by atoms with E-state index in [1.165, 1.54) is 6.07 Å². The number of hydrogen-bond acceptors (Lipinski definition) is 5. The first-order valence-electron chi connectivity index (χ1n) is 7.31. The van der Waals surface area contributed by atoms with Gasteiger partial charge in [0, 0.05) is 33.3 Å². The molecule has 1 aromatic carbocycles. The van der Waals surface area contributed by atoms with Crippen molar-refractivity contribution in [2.45, 2.75) is 6.54 Å². The lowest BCUT2D eigenvalue weighted by Crippen LogP contribution is -2.38. The van der Waals surface area contributed by atoms with Crippen LogP contribution in [0.15, 0.2) is 46.9 Å². The quantitative estimate of drug-likeness (QED) is 0.475. The van der Waals surface area contributed by atoms with E-state index in [2.05, 4.69) is 25.0 Å². The number of ether oxygens (including phenoxy) is 1. The van der Waals surface area contributed by atoms with Crippen molar-refractivity contribution in [1.82, 2.24) is 4.98 Å². The molecule has 2 aromatic rings. The fourth-order valence-electron chi connectivity index (χ4n) is 2.54. The van der Waals surface area contributed by atoms with Crippen LogP contribution >= 0.6 is 0 Å². The van der Waals surface area contributed by atoms with Crippen molar-refractivity contribution in [2.75, 3.05) is 18.1 Å². The molecular formula is C15H12N8O2. The molecule has 1 aliphatic rings.